The van der Waals surface area contributed by atoms with Gasteiger partial charge < -0.3 is 9.84 Å². The average molecular weight is 363 g/mol. The van der Waals surface area contributed by atoms with Gasteiger partial charge in [-0.15, -0.1) is 0 Å². The fourth-order valence-corrected chi connectivity index (χ4v) is 3.29. The normalized spacial score (nSPS) is 14.4. The Morgan fingerprint density at radius 1 is 1.11 bits per heavy atom. The molecule has 3 aromatic rings. The summed E-state index contributed by atoms with van der Waals surface area (Å²) in [5.41, 5.74) is 1.50. The molecule has 7 nitrogen and oxygen atoms in total. The first kappa shape index (κ1) is 17.3. The number of rotatable bonds is 6. The zero-order valence-electron chi connectivity index (χ0n) is 15.0. The van der Waals surface area contributed by atoms with Crippen LogP contribution in [0.1, 0.15) is 49.7 Å². The van der Waals surface area contributed by atoms with Crippen molar-refractivity contribution >= 4 is 11.6 Å². The van der Waals surface area contributed by atoms with Gasteiger partial charge in [-0.1, -0.05) is 48.3 Å². The Morgan fingerprint density at radius 3 is 2.59 bits per heavy atom. The molecule has 1 saturated carbocycles. The number of anilines is 1. The maximum Gasteiger partial charge on any atom is 0.227 e. The van der Waals surface area contributed by atoms with Gasteiger partial charge in [0.2, 0.25) is 11.8 Å². The summed E-state index contributed by atoms with van der Waals surface area (Å²) in [4.78, 5) is 25.2. The summed E-state index contributed by atoms with van der Waals surface area (Å²) in [6, 6.07) is 9.70. The van der Waals surface area contributed by atoms with Crippen LogP contribution in [0, 0.1) is 0 Å². The quantitative estimate of drug-likeness (QED) is 0.717. The van der Waals surface area contributed by atoms with Gasteiger partial charge in [0, 0.05) is 24.3 Å². The van der Waals surface area contributed by atoms with E-state index in [0.717, 1.165) is 24.2 Å². The second kappa shape index (κ2) is 8.07. The zero-order chi connectivity index (χ0) is 18.5. The second-order valence-electron chi connectivity index (χ2n) is 6.74. The molecule has 1 fully saturated rings. The first-order valence-corrected chi connectivity index (χ1v) is 9.28. The molecule has 0 unspecified atom stereocenters. The van der Waals surface area contributed by atoms with Crippen molar-refractivity contribution in [3.63, 3.8) is 0 Å². The van der Waals surface area contributed by atoms with Crippen LogP contribution in [0.2, 0.25) is 0 Å². The topological polar surface area (TPSA) is 93.8 Å². The van der Waals surface area contributed by atoms with Crippen molar-refractivity contribution in [2.45, 2.75) is 44.4 Å². The van der Waals surface area contributed by atoms with E-state index in [9.17, 15) is 4.79 Å². The van der Waals surface area contributed by atoms with E-state index in [2.05, 4.69) is 25.4 Å². The molecule has 0 radical (unpaired) electrons. The van der Waals surface area contributed by atoms with Crippen molar-refractivity contribution in [2.24, 2.45) is 0 Å². The summed E-state index contributed by atoms with van der Waals surface area (Å²) in [6.45, 7) is 0. The lowest BCUT2D eigenvalue weighted by atomic mass is 10.1. The number of hydrogen-bond acceptors (Lipinski definition) is 6. The molecule has 0 aliphatic heterocycles. The second-order valence-corrected chi connectivity index (χ2v) is 6.74. The third-order valence-electron chi connectivity index (χ3n) is 4.74. The van der Waals surface area contributed by atoms with Crippen LogP contribution >= 0.6 is 0 Å². The number of benzene rings is 1. The highest BCUT2D eigenvalue weighted by Crippen LogP contribution is 2.32. The van der Waals surface area contributed by atoms with Crippen LogP contribution in [0.5, 0.6) is 0 Å². The van der Waals surface area contributed by atoms with Gasteiger partial charge in [0.25, 0.3) is 0 Å². The highest BCUT2D eigenvalue weighted by Gasteiger charge is 2.22. The number of aromatic nitrogens is 4. The molecule has 1 aliphatic rings. The molecule has 1 aliphatic carbocycles. The summed E-state index contributed by atoms with van der Waals surface area (Å²) in [5, 5.41) is 6.86. The van der Waals surface area contributed by atoms with Crippen LogP contribution in [0.4, 0.5) is 5.69 Å². The van der Waals surface area contributed by atoms with E-state index in [1.165, 1.54) is 12.8 Å². The van der Waals surface area contributed by atoms with Gasteiger partial charge in [-0.25, -0.2) is 9.97 Å². The molecule has 0 spiro atoms. The van der Waals surface area contributed by atoms with Crippen LogP contribution in [-0.4, -0.2) is 26.0 Å². The predicted octanol–water partition coefficient (Wildman–Crippen LogP) is 3.76. The maximum atomic E-state index is 12.1. The molecule has 2 aromatic heterocycles. The van der Waals surface area contributed by atoms with E-state index in [1.807, 2.05) is 30.3 Å². The Balaban J connectivity index is 1.29. The number of amides is 1. The van der Waals surface area contributed by atoms with Crippen LogP contribution in [0.15, 0.2) is 47.2 Å². The number of aryl methyl sites for hydroxylation is 1. The maximum absolute atomic E-state index is 12.1. The van der Waals surface area contributed by atoms with E-state index in [1.54, 1.807) is 12.4 Å². The SMILES string of the molecule is O=C(CCc1nc(C2CCCC2)no1)Nc1cnc(-c2ccccc2)nc1. The van der Waals surface area contributed by atoms with E-state index in [0.29, 0.717) is 29.7 Å². The Labute approximate surface area is 157 Å². The van der Waals surface area contributed by atoms with E-state index in [-0.39, 0.29) is 12.3 Å². The molecule has 0 bridgehead atoms. The largest absolute Gasteiger partial charge is 0.339 e. The van der Waals surface area contributed by atoms with Crippen LogP contribution in [-0.2, 0) is 11.2 Å². The lowest BCUT2D eigenvalue weighted by molar-refractivity contribution is -0.116. The molecule has 4 rings (SSSR count). The highest BCUT2D eigenvalue weighted by atomic mass is 16.5. The van der Waals surface area contributed by atoms with Gasteiger partial charge in [0.15, 0.2) is 11.6 Å². The van der Waals surface area contributed by atoms with E-state index in [4.69, 9.17) is 4.52 Å². The zero-order valence-corrected chi connectivity index (χ0v) is 15.0. The van der Waals surface area contributed by atoms with Crippen molar-refractivity contribution in [1.29, 1.82) is 0 Å². The Kier molecular flexibility index (Phi) is 5.18. The standard InChI is InChI=1S/C20H21N5O2/c26-17(10-11-18-24-20(25-27-18)15-8-4-5-9-15)23-16-12-21-19(22-13-16)14-6-2-1-3-7-14/h1-3,6-7,12-13,15H,4-5,8-11H2,(H,23,26). The predicted molar refractivity (Wildman–Crippen MR) is 99.9 cm³/mol. The number of hydrogen-bond donors (Lipinski definition) is 1. The smallest absolute Gasteiger partial charge is 0.227 e. The molecule has 27 heavy (non-hydrogen) atoms. The number of carbonyl (C=O) groups excluding carboxylic acids is 1. The minimum Gasteiger partial charge on any atom is -0.339 e. The summed E-state index contributed by atoms with van der Waals surface area (Å²) >= 11 is 0. The average Bonchev–Trinajstić information content (AvgIpc) is 3.39. The molecule has 2 heterocycles. The lowest BCUT2D eigenvalue weighted by Gasteiger charge is -2.05. The van der Waals surface area contributed by atoms with Crippen LogP contribution in [0.3, 0.4) is 0 Å². The first-order chi connectivity index (χ1) is 13.3. The third kappa shape index (κ3) is 4.36. The van der Waals surface area contributed by atoms with Gasteiger partial charge in [-0.05, 0) is 12.8 Å². The minimum atomic E-state index is -0.133. The van der Waals surface area contributed by atoms with Gasteiger partial charge in [0.1, 0.15) is 0 Å². The fourth-order valence-electron chi connectivity index (χ4n) is 3.29. The van der Waals surface area contributed by atoms with Gasteiger partial charge in [0.05, 0.1) is 18.1 Å². The summed E-state index contributed by atoms with van der Waals surface area (Å²) in [6.07, 6.45) is 8.61. The lowest BCUT2D eigenvalue weighted by Crippen LogP contribution is -2.13. The monoisotopic (exact) mass is 363 g/mol. The van der Waals surface area contributed by atoms with E-state index < -0.39 is 0 Å². The summed E-state index contributed by atoms with van der Waals surface area (Å²) in [5.74, 6) is 2.21. The van der Waals surface area contributed by atoms with Crippen LogP contribution < -0.4 is 5.32 Å². The fraction of sp³-hybridized carbons (Fsp3) is 0.350. The molecule has 7 heteroatoms. The summed E-state index contributed by atoms with van der Waals surface area (Å²) in [7, 11) is 0. The molecule has 0 saturated heterocycles. The number of carbonyl (C=O) groups is 1. The third-order valence-corrected chi connectivity index (χ3v) is 4.74. The Morgan fingerprint density at radius 2 is 1.85 bits per heavy atom. The van der Waals surface area contributed by atoms with Crippen LogP contribution in [0.25, 0.3) is 11.4 Å². The molecule has 1 aromatic carbocycles. The van der Waals surface area contributed by atoms with Gasteiger partial charge >= 0.3 is 0 Å². The summed E-state index contributed by atoms with van der Waals surface area (Å²) < 4.78 is 5.28. The van der Waals surface area contributed by atoms with Gasteiger partial charge in [-0.3, -0.25) is 4.79 Å². The van der Waals surface area contributed by atoms with Crippen molar-refractivity contribution in [1.82, 2.24) is 20.1 Å². The number of nitrogens with zero attached hydrogens (tertiary/aromatic N) is 4. The van der Waals surface area contributed by atoms with Crippen molar-refractivity contribution < 1.29 is 9.32 Å². The molecule has 1 N–H and O–H groups in total. The van der Waals surface area contributed by atoms with E-state index >= 15 is 0 Å². The Hall–Kier alpha value is -3.09. The first-order valence-electron chi connectivity index (χ1n) is 9.28. The molecule has 1 amide bonds. The van der Waals surface area contributed by atoms with Gasteiger partial charge in [-0.2, -0.15) is 4.98 Å². The molecule has 138 valence electrons. The molecule has 0 atom stereocenters. The highest BCUT2D eigenvalue weighted by molar-refractivity contribution is 5.90. The molecular formula is C20H21N5O2. The minimum absolute atomic E-state index is 0.133. The Bertz CT molecular complexity index is 886. The molecular weight excluding hydrogens is 342 g/mol. The van der Waals surface area contributed by atoms with Crippen molar-refractivity contribution in [2.75, 3.05) is 5.32 Å². The number of nitrogens with one attached hydrogen (secondary N) is 1. The van der Waals surface area contributed by atoms with Crippen molar-refractivity contribution in [3.8, 4) is 11.4 Å². The van der Waals surface area contributed by atoms with Crippen molar-refractivity contribution in [3.05, 3.63) is 54.4 Å².